The molecule has 0 spiro atoms. The van der Waals surface area contributed by atoms with E-state index in [4.69, 9.17) is 0 Å². The predicted octanol–water partition coefficient (Wildman–Crippen LogP) is 2.66. The van der Waals surface area contributed by atoms with Crippen LogP contribution in [0.3, 0.4) is 0 Å². The van der Waals surface area contributed by atoms with Crippen molar-refractivity contribution in [2.24, 2.45) is 5.41 Å². The second kappa shape index (κ2) is 6.63. The molecule has 5 heteroatoms. The molecule has 2 rings (SSSR count). The number of anilines is 1. The molecule has 0 bridgehead atoms. The highest BCUT2D eigenvalue weighted by molar-refractivity contribution is 5.24. The fourth-order valence-corrected chi connectivity index (χ4v) is 2.10. The smallest absolute Gasteiger partial charge is 0.222 e. The number of halogens is 1. The van der Waals surface area contributed by atoms with Crippen LogP contribution in [0.1, 0.15) is 19.4 Å². The van der Waals surface area contributed by atoms with E-state index in [-0.39, 0.29) is 5.41 Å². The van der Waals surface area contributed by atoms with Crippen LogP contribution in [0.15, 0.2) is 42.7 Å². The molecule has 0 amide bonds. The Hall–Kier alpha value is -2.01. The van der Waals surface area contributed by atoms with Crippen LogP contribution in [-0.2, 0) is 6.42 Å². The Labute approximate surface area is 124 Å². The molecule has 1 heterocycles. The van der Waals surface area contributed by atoms with Crippen LogP contribution < -0.4 is 5.32 Å². The lowest BCUT2D eigenvalue weighted by molar-refractivity contribution is 0.0619. The molecule has 2 N–H and O–H groups in total. The molecule has 0 radical (unpaired) electrons. The largest absolute Gasteiger partial charge is 0.393 e. The molecule has 0 saturated carbocycles. The van der Waals surface area contributed by atoms with E-state index < -0.39 is 11.9 Å². The second-order valence-corrected chi connectivity index (χ2v) is 5.57. The molecule has 0 aliphatic carbocycles. The topological polar surface area (TPSA) is 58.0 Å². The van der Waals surface area contributed by atoms with Gasteiger partial charge in [-0.1, -0.05) is 37.3 Å². The molecule has 1 aromatic heterocycles. The van der Waals surface area contributed by atoms with Gasteiger partial charge in [-0.2, -0.15) is 0 Å². The number of aliphatic hydroxyl groups is 1. The molecule has 0 fully saturated rings. The highest BCUT2D eigenvalue weighted by atomic mass is 19.1. The molecule has 2 aromatic rings. The van der Waals surface area contributed by atoms with Crippen LogP contribution in [0, 0.1) is 11.2 Å². The third kappa shape index (κ3) is 4.23. The SMILES string of the molecule is C[C@@H](O)[C@](C)(CNc1ncc(F)cn1)Cc1ccccc1. The predicted molar refractivity (Wildman–Crippen MR) is 80.4 cm³/mol. The molecular weight excluding hydrogens is 269 g/mol. The summed E-state index contributed by atoms with van der Waals surface area (Å²) >= 11 is 0. The summed E-state index contributed by atoms with van der Waals surface area (Å²) in [6.45, 7) is 4.27. The van der Waals surface area contributed by atoms with Crippen molar-refractivity contribution in [3.63, 3.8) is 0 Å². The molecule has 1 aromatic carbocycles. The highest BCUT2D eigenvalue weighted by Crippen LogP contribution is 2.27. The Balaban J connectivity index is 2.05. The van der Waals surface area contributed by atoms with Crippen molar-refractivity contribution in [1.29, 1.82) is 0 Å². The number of hydrogen-bond donors (Lipinski definition) is 2. The number of nitrogens with zero attached hydrogens (tertiary/aromatic N) is 2. The van der Waals surface area contributed by atoms with Gasteiger partial charge in [0.05, 0.1) is 18.5 Å². The summed E-state index contributed by atoms with van der Waals surface area (Å²) in [5, 5.41) is 13.2. The van der Waals surface area contributed by atoms with E-state index in [1.54, 1.807) is 6.92 Å². The summed E-state index contributed by atoms with van der Waals surface area (Å²) in [5.41, 5.74) is 0.779. The Kier molecular flexibility index (Phi) is 4.85. The lowest BCUT2D eigenvalue weighted by atomic mass is 9.79. The molecule has 0 unspecified atom stereocenters. The zero-order chi connectivity index (χ0) is 15.3. The number of aromatic nitrogens is 2. The van der Waals surface area contributed by atoms with Gasteiger partial charge in [-0.15, -0.1) is 0 Å². The van der Waals surface area contributed by atoms with Gasteiger partial charge in [0.15, 0.2) is 5.82 Å². The third-order valence-electron chi connectivity index (χ3n) is 3.73. The Morgan fingerprint density at radius 3 is 2.43 bits per heavy atom. The van der Waals surface area contributed by atoms with Crippen molar-refractivity contribution in [2.45, 2.75) is 26.4 Å². The Morgan fingerprint density at radius 2 is 1.86 bits per heavy atom. The van der Waals surface area contributed by atoms with Crippen molar-refractivity contribution < 1.29 is 9.50 Å². The van der Waals surface area contributed by atoms with Crippen LogP contribution in [0.5, 0.6) is 0 Å². The fourth-order valence-electron chi connectivity index (χ4n) is 2.10. The summed E-state index contributed by atoms with van der Waals surface area (Å²) < 4.78 is 12.8. The molecule has 2 atom stereocenters. The summed E-state index contributed by atoms with van der Waals surface area (Å²) in [5.74, 6) is -0.112. The molecule has 0 aliphatic heterocycles. The second-order valence-electron chi connectivity index (χ2n) is 5.57. The van der Waals surface area contributed by atoms with E-state index in [0.717, 1.165) is 24.4 Å². The maximum atomic E-state index is 12.8. The zero-order valence-corrected chi connectivity index (χ0v) is 12.3. The fraction of sp³-hybridized carbons (Fsp3) is 0.375. The molecule has 0 saturated heterocycles. The van der Waals surface area contributed by atoms with E-state index in [1.807, 2.05) is 37.3 Å². The molecule has 112 valence electrons. The Bertz CT molecular complexity index is 559. The van der Waals surface area contributed by atoms with Gasteiger partial charge >= 0.3 is 0 Å². The van der Waals surface area contributed by atoms with Gasteiger partial charge in [0, 0.05) is 12.0 Å². The van der Waals surface area contributed by atoms with E-state index in [0.29, 0.717) is 12.5 Å². The molecule has 21 heavy (non-hydrogen) atoms. The maximum absolute atomic E-state index is 12.8. The van der Waals surface area contributed by atoms with Crippen molar-refractivity contribution >= 4 is 5.95 Å². The molecule has 4 nitrogen and oxygen atoms in total. The first-order chi connectivity index (χ1) is 9.99. The van der Waals surface area contributed by atoms with Gasteiger partial charge in [-0.05, 0) is 18.9 Å². The van der Waals surface area contributed by atoms with Gasteiger partial charge in [-0.25, -0.2) is 14.4 Å². The quantitative estimate of drug-likeness (QED) is 0.858. The minimum absolute atomic E-state index is 0.358. The van der Waals surface area contributed by atoms with Crippen LogP contribution >= 0.6 is 0 Å². The normalized spacial score (nSPS) is 15.2. The van der Waals surface area contributed by atoms with E-state index >= 15 is 0 Å². The van der Waals surface area contributed by atoms with Crippen molar-refractivity contribution in [2.75, 3.05) is 11.9 Å². The number of aliphatic hydroxyl groups excluding tert-OH is 1. The maximum Gasteiger partial charge on any atom is 0.222 e. The van der Waals surface area contributed by atoms with E-state index in [2.05, 4.69) is 15.3 Å². The number of rotatable bonds is 6. The lowest BCUT2D eigenvalue weighted by Crippen LogP contribution is -2.39. The van der Waals surface area contributed by atoms with Gasteiger partial charge in [-0.3, -0.25) is 0 Å². The van der Waals surface area contributed by atoms with Crippen LogP contribution in [0.25, 0.3) is 0 Å². The van der Waals surface area contributed by atoms with Gasteiger partial charge < -0.3 is 10.4 Å². The summed E-state index contributed by atoms with van der Waals surface area (Å²) in [6.07, 6.45) is 2.45. The summed E-state index contributed by atoms with van der Waals surface area (Å²) in [7, 11) is 0. The first-order valence-corrected chi connectivity index (χ1v) is 6.93. The minimum Gasteiger partial charge on any atom is -0.393 e. The van der Waals surface area contributed by atoms with Gasteiger partial charge in [0.1, 0.15) is 0 Å². The first-order valence-electron chi connectivity index (χ1n) is 6.93. The zero-order valence-electron chi connectivity index (χ0n) is 12.3. The number of benzene rings is 1. The minimum atomic E-state index is -0.509. The van der Waals surface area contributed by atoms with Crippen molar-refractivity contribution in [3.05, 3.63) is 54.1 Å². The van der Waals surface area contributed by atoms with Gasteiger partial charge in [0.2, 0.25) is 5.95 Å². The lowest BCUT2D eigenvalue weighted by Gasteiger charge is -2.33. The summed E-state index contributed by atoms with van der Waals surface area (Å²) in [4.78, 5) is 7.74. The number of hydrogen-bond acceptors (Lipinski definition) is 4. The van der Waals surface area contributed by atoms with Crippen molar-refractivity contribution in [1.82, 2.24) is 9.97 Å². The first kappa shape index (κ1) is 15.4. The van der Waals surface area contributed by atoms with E-state index in [1.165, 1.54) is 0 Å². The van der Waals surface area contributed by atoms with Crippen molar-refractivity contribution in [3.8, 4) is 0 Å². The standard InChI is InChI=1S/C16H20FN3O/c1-12(21)16(2,8-13-6-4-3-5-7-13)11-20-15-18-9-14(17)10-19-15/h3-7,9-10,12,21H,8,11H2,1-2H3,(H,18,19,20)/t12-,16+/m1/s1. The van der Waals surface area contributed by atoms with Crippen LogP contribution in [-0.4, -0.2) is 27.7 Å². The molecular formula is C16H20FN3O. The van der Waals surface area contributed by atoms with Crippen LogP contribution in [0.4, 0.5) is 10.3 Å². The van der Waals surface area contributed by atoms with Gasteiger partial charge in [0.25, 0.3) is 0 Å². The highest BCUT2D eigenvalue weighted by Gasteiger charge is 2.30. The third-order valence-corrected chi connectivity index (χ3v) is 3.73. The Morgan fingerprint density at radius 1 is 1.24 bits per heavy atom. The molecule has 0 aliphatic rings. The van der Waals surface area contributed by atoms with Crippen LogP contribution in [0.2, 0.25) is 0 Å². The number of nitrogens with one attached hydrogen (secondary N) is 1. The average Bonchev–Trinajstić information content (AvgIpc) is 2.47. The summed E-state index contributed by atoms with van der Waals surface area (Å²) in [6, 6.07) is 10.0. The monoisotopic (exact) mass is 289 g/mol. The van der Waals surface area contributed by atoms with E-state index in [9.17, 15) is 9.50 Å². The average molecular weight is 289 g/mol.